The predicted molar refractivity (Wildman–Crippen MR) is 97.1 cm³/mol. The molecule has 1 amide bonds. The molecule has 5 heteroatoms. The maximum absolute atomic E-state index is 11.2. The molecule has 0 saturated heterocycles. The summed E-state index contributed by atoms with van der Waals surface area (Å²) in [5, 5.41) is 2.11. The van der Waals surface area contributed by atoms with Crippen molar-refractivity contribution in [2.45, 2.75) is 39.0 Å². The number of amides is 1. The van der Waals surface area contributed by atoms with Gasteiger partial charge in [-0.2, -0.15) is 0 Å². The third-order valence-electron chi connectivity index (χ3n) is 4.52. The Kier molecular flexibility index (Phi) is 3.81. The van der Waals surface area contributed by atoms with Crippen LogP contribution in [0.1, 0.15) is 34.5 Å². The minimum atomic E-state index is -0.324. The van der Waals surface area contributed by atoms with Crippen molar-refractivity contribution in [3.8, 4) is 10.7 Å². The Morgan fingerprint density at radius 3 is 2.83 bits per heavy atom. The number of aryl methyl sites for hydroxylation is 3. The molecule has 4 rings (SSSR count). The van der Waals surface area contributed by atoms with E-state index < -0.39 is 0 Å². The van der Waals surface area contributed by atoms with Crippen LogP contribution >= 0.6 is 11.3 Å². The van der Waals surface area contributed by atoms with Gasteiger partial charge in [-0.3, -0.25) is 4.79 Å². The van der Waals surface area contributed by atoms with E-state index >= 15 is 0 Å². The fourth-order valence-electron chi connectivity index (χ4n) is 3.33. The number of pyridine rings is 1. The molecule has 2 heterocycles. The van der Waals surface area contributed by atoms with Gasteiger partial charge in [0.1, 0.15) is 5.01 Å². The van der Waals surface area contributed by atoms with Crippen LogP contribution in [-0.2, 0) is 24.1 Å². The molecule has 0 saturated carbocycles. The van der Waals surface area contributed by atoms with E-state index in [4.69, 9.17) is 15.7 Å². The van der Waals surface area contributed by atoms with E-state index in [-0.39, 0.29) is 12.3 Å². The van der Waals surface area contributed by atoms with Crippen molar-refractivity contribution in [3.05, 3.63) is 46.0 Å². The molecule has 0 aliphatic heterocycles. The maximum atomic E-state index is 11.2. The number of primary amides is 1. The van der Waals surface area contributed by atoms with E-state index in [1.165, 1.54) is 29.0 Å². The van der Waals surface area contributed by atoms with Gasteiger partial charge in [-0.05, 0) is 55.9 Å². The number of nitrogens with two attached hydrogens (primary N) is 1. The molecular formula is C19H19N3OS. The van der Waals surface area contributed by atoms with E-state index in [2.05, 4.69) is 13.0 Å². The lowest BCUT2D eigenvalue weighted by atomic mass is 10.0. The molecule has 1 aliphatic carbocycles. The van der Waals surface area contributed by atoms with Crippen LogP contribution in [0.15, 0.2) is 24.3 Å². The van der Waals surface area contributed by atoms with E-state index in [0.29, 0.717) is 0 Å². The van der Waals surface area contributed by atoms with Crippen LogP contribution in [0.25, 0.3) is 21.6 Å². The zero-order valence-electron chi connectivity index (χ0n) is 13.6. The number of carbonyl (C=O) groups excluding carboxylic acids is 1. The van der Waals surface area contributed by atoms with Gasteiger partial charge in [-0.1, -0.05) is 12.1 Å². The van der Waals surface area contributed by atoms with Gasteiger partial charge in [0.05, 0.1) is 23.3 Å². The molecule has 24 heavy (non-hydrogen) atoms. The molecule has 1 aliphatic rings. The summed E-state index contributed by atoms with van der Waals surface area (Å²) in [5.74, 6) is -0.324. The van der Waals surface area contributed by atoms with Crippen molar-refractivity contribution >= 4 is 28.1 Å². The number of benzene rings is 1. The molecule has 122 valence electrons. The molecular weight excluding hydrogens is 318 g/mol. The second-order valence-electron chi connectivity index (χ2n) is 6.41. The Hall–Kier alpha value is -2.27. The quantitative estimate of drug-likeness (QED) is 0.794. The number of carbonyl (C=O) groups is 1. The predicted octanol–water partition coefficient (Wildman–Crippen LogP) is 3.57. The summed E-state index contributed by atoms with van der Waals surface area (Å²) in [5.41, 5.74) is 10.5. The summed E-state index contributed by atoms with van der Waals surface area (Å²) in [6, 6.07) is 8.04. The summed E-state index contributed by atoms with van der Waals surface area (Å²) >= 11 is 1.77. The second kappa shape index (κ2) is 5.98. The molecule has 0 atom stereocenters. The highest BCUT2D eigenvalue weighted by Crippen LogP contribution is 2.33. The van der Waals surface area contributed by atoms with Gasteiger partial charge >= 0.3 is 0 Å². The van der Waals surface area contributed by atoms with Crippen LogP contribution < -0.4 is 5.73 Å². The van der Waals surface area contributed by atoms with Gasteiger partial charge in [0.15, 0.2) is 0 Å². The van der Waals surface area contributed by atoms with Crippen molar-refractivity contribution in [2.75, 3.05) is 0 Å². The summed E-state index contributed by atoms with van der Waals surface area (Å²) in [6.07, 6.45) is 4.96. The van der Waals surface area contributed by atoms with Crippen molar-refractivity contribution < 1.29 is 4.79 Å². The SMILES string of the molecule is Cc1cc(-c2nc3c(s2)CCCC3)nc2cc(CC(N)=O)ccc12. The Labute approximate surface area is 144 Å². The number of fused-ring (bicyclic) bond motifs is 2. The number of aromatic nitrogens is 2. The van der Waals surface area contributed by atoms with Gasteiger partial charge in [-0.25, -0.2) is 9.97 Å². The highest BCUT2D eigenvalue weighted by molar-refractivity contribution is 7.15. The average Bonchev–Trinajstić information content (AvgIpc) is 2.98. The molecule has 0 unspecified atom stereocenters. The largest absolute Gasteiger partial charge is 0.369 e. The zero-order chi connectivity index (χ0) is 16.7. The number of thiazole rings is 1. The van der Waals surface area contributed by atoms with E-state index in [1.807, 2.05) is 18.2 Å². The van der Waals surface area contributed by atoms with Crippen molar-refractivity contribution in [3.63, 3.8) is 0 Å². The normalized spacial score (nSPS) is 13.9. The monoisotopic (exact) mass is 337 g/mol. The highest BCUT2D eigenvalue weighted by atomic mass is 32.1. The molecule has 0 bridgehead atoms. The standard InChI is InChI=1S/C19H19N3OS/c1-11-8-16(19-22-14-4-2-3-5-17(14)24-19)21-15-9-12(10-18(20)23)6-7-13(11)15/h6-9H,2-5,10H2,1H3,(H2,20,23). The molecule has 4 nitrogen and oxygen atoms in total. The second-order valence-corrected chi connectivity index (χ2v) is 7.50. The van der Waals surface area contributed by atoms with Crippen molar-refractivity contribution in [2.24, 2.45) is 5.73 Å². The van der Waals surface area contributed by atoms with Gasteiger partial charge in [0.25, 0.3) is 0 Å². The minimum Gasteiger partial charge on any atom is -0.369 e. The highest BCUT2D eigenvalue weighted by Gasteiger charge is 2.17. The minimum absolute atomic E-state index is 0.243. The van der Waals surface area contributed by atoms with Crippen LogP contribution in [0.2, 0.25) is 0 Å². The number of hydrogen-bond donors (Lipinski definition) is 1. The van der Waals surface area contributed by atoms with Gasteiger partial charge in [0, 0.05) is 10.3 Å². The summed E-state index contributed by atoms with van der Waals surface area (Å²) in [7, 11) is 0. The summed E-state index contributed by atoms with van der Waals surface area (Å²) in [6.45, 7) is 2.09. The van der Waals surface area contributed by atoms with Crippen LogP contribution in [0.3, 0.4) is 0 Å². The summed E-state index contributed by atoms with van der Waals surface area (Å²) < 4.78 is 0. The molecule has 2 aromatic heterocycles. The van der Waals surface area contributed by atoms with Gasteiger partial charge in [0.2, 0.25) is 5.91 Å². The third-order valence-corrected chi connectivity index (χ3v) is 5.70. The smallest absolute Gasteiger partial charge is 0.221 e. The van der Waals surface area contributed by atoms with Crippen molar-refractivity contribution in [1.82, 2.24) is 9.97 Å². The average molecular weight is 337 g/mol. The number of nitrogens with zero attached hydrogens (tertiary/aromatic N) is 2. The number of rotatable bonds is 3. The first kappa shape index (κ1) is 15.3. The Balaban J connectivity index is 1.80. The molecule has 0 radical (unpaired) electrons. The van der Waals surface area contributed by atoms with E-state index in [1.54, 1.807) is 11.3 Å². The van der Waals surface area contributed by atoms with Crippen LogP contribution in [-0.4, -0.2) is 15.9 Å². The van der Waals surface area contributed by atoms with Gasteiger partial charge < -0.3 is 5.73 Å². The van der Waals surface area contributed by atoms with E-state index in [9.17, 15) is 4.79 Å². The lowest BCUT2D eigenvalue weighted by molar-refractivity contribution is -0.117. The Bertz CT molecular complexity index is 922. The first-order chi connectivity index (χ1) is 11.6. The topological polar surface area (TPSA) is 68.9 Å². The first-order valence-corrected chi connectivity index (χ1v) is 9.09. The Morgan fingerprint density at radius 2 is 2.04 bits per heavy atom. The lowest BCUT2D eigenvalue weighted by Crippen LogP contribution is -2.13. The molecule has 0 spiro atoms. The maximum Gasteiger partial charge on any atom is 0.221 e. The fraction of sp³-hybridized carbons (Fsp3) is 0.316. The first-order valence-electron chi connectivity index (χ1n) is 8.28. The lowest BCUT2D eigenvalue weighted by Gasteiger charge is -2.07. The third kappa shape index (κ3) is 2.80. The molecule has 3 aromatic rings. The van der Waals surface area contributed by atoms with Gasteiger partial charge in [-0.15, -0.1) is 11.3 Å². The van der Waals surface area contributed by atoms with Crippen LogP contribution in [0, 0.1) is 6.92 Å². The van der Waals surface area contributed by atoms with Crippen LogP contribution in [0.4, 0.5) is 0 Å². The Morgan fingerprint density at radius 1 is 1.21 bits per heavy atom. The number of hydrogen-bond acceptors (Lipinski definition) is 4. The summed E-state index contributed by atoms with van der Waals surface area (Å²) in [4.78, 5) is 22.2. The fourth-order valence-corrected chi connectivity index (χ4v) is 4.44. The molecule has 0 fully saturated rings. The zero-order valence-corrected chi connectivity index (χ0v) is 14.4. The van der Waals surface area contributed by atoms with Crippen molar-refractivity contribution in [1.29, 1.82) is 0 Å². The van der Waals surface area contributed by atoms with E-state index in [0.717, 1.165) is 40.0 Å². The van der Waals surface area contributed by atoms with Crippen LogP contribution in [0.5, 0.6) is 0 Å². The molecule has 1 aromatic carbocycles. The molecule has 2 N–H and O–H groups in total.